The number of alkyl carbamates (subject to hydrolysis) is 1. The Morgan fingerprint density at radius 1 is 1.03 bits per heavy atom. The zero-order valence-electron chi connectivity index (χ0n) is 19.1. The van der Waals surface area contributed by atoms with E-state index in [-0.39, 0.29) is 25.6 Å². The van der Waals surface area contributed by atoms with Gasteiger partial charge in [0, 0.05) is 31.3 Å². The number of imidazole rings is 1. The molecule has 10 nitrogen and oxygen atoms in total. The number of aromatic nitrogens is 2. The summed E-state index contributed by atoms with van der Waals surface area (Å²) in [4.78, 5) is 43.8. The number of aliphatic carboxylic acids is 1. The quantitative estimate of drug-likeness (QED) is 0.349. The largest absolute Gasteiger partial charge is 0.480 e. The van der Waals surface area contributed by atoms with E-state index in [0.717, 1.165) is 22.3 Å². The Labute approximate surface area is 201 Å². The van der Waals surface area contributed by atoms with Gasteiger partial charge in [0.1, 0.15) is 12.6 Å². The molecule has 4 rings (SSSR count). The maximum atomic E-state index is 12.8. The van der Waals surface area contributed by atoms with Gasteiger partial charge < -0.3 is 30.2 Å². The summed E-state index contributed by atoms with van der Waals surface area (Å²) >= 11 is 0. The molecule has 1 aliphatic rings. The van der Waals surface area contributed by atoms with Gasteiger partial charge in [-0.1, -0.05) is 48.5 Å². The van der Waals surface area contributed by atoms with Gasteiger partial charge in [-0.25, -0.2) is 14.6 Å². The predicted molar refractivity (Wildman–Crippen MR) is 126 cm³/mol. The molecule has 2 atom stereocenters. The number of benzene rings is 2. The van der Waals surface area contributed by atoms with Crippen LogP contribution >= 0.6 is 0 Å². The molecule has 3 aromatic rings. The minimum Gasteiger partial charge on any atom is -0.480 e. The number of carbonyl (C=O) groups excluding carboxylic acids is 2. The molecule has 10 heteroatoms. The summed E-state index contributed by atoms with van der Waals surface area (Å²) in [5.74, 6) is -2.06. The van der Waals surface area contributed by atoms with E-state index in [2.05, 4.69) is 20.6 Å². The normalized spacial score (nSPS) is 13.9. The van der Waals surface area contributed by atoms with Crippen LogP contribution in [0.25, 0.3) is 11.1 Å². The van der Waals surface area contributed by atoms with Crippen LogP contribution in [0.15, 0.2) is 61.1 Å². The summed E-state index contributed by atoms with van der Waals surface area (Å²) in [5, 5.41) is 14.3. The maximum absolute atomic E-state index is 12.8. The third-order valence-electron chi connectivity index (χ3n) is 5.88. The number of methoxy groups -OCH3 is 1. The van der Waals surface area contributed by atoms with Gasteiger partial charge >= 0.3 is 12.1 Å². The molecule has 2 aromatic carbocycles. The molecule has 182 valence electrons. The van der Waals surface area contributed by atoms with Crippen molar-refractivity contribution < 1.29 is 29.0 Å². The first-order valence-electron chi connectivity index (χ1n) is 11.1. The third kappa shape index (κ3) is 5.49. The van der Waals surface area contributed by atoms with E-state index in [4.69, 9.17) is 9.47 Å². The lowest BCUT2D eigenvalue weighted by Crippen LogP contribution is -2.53. The monoisotopic (exact) mass is 478 g/mol. The molecule has 0 spiro atoms. The molecule has 4 N–H and O–H groups in total. The first-order valence-corrected chi connectivity index (χ1v) is 11.1. The lowest BCUT2D eigenvalue weighted by atomic mass is 9.98. The predicted octanol–water partition coefficient (Wildman–Crippen LogP) is 2.08. The van der Waals surface area contributed by atoms with Crippen molar-refractivity contribution in [3.63, 3.8) is 0 Å². The maximum Gasteiger partial charge on any atom is 0.407 e. The topological polar surface area (TPSA) is 143 Å². The highest BCUT2D eigenvalue weighted by molar-refractivity contribution is 5.89. The van der Waals surface area contributed by atoms with Gasteiger partial charge in [0.25, 0.3) is 0 Å². The number of carboxylic acids is 1. The molecule has 0 aliphatic heterocycles. The molecule has 1 heterocycles. The third-order valence-corrected chi connectivity index (χ3v) is 5.88. The summed E-state index contributed by atoms with van der Waals surface area (Å²) in [5.41, 5.74) is 4.93. The minimum absolute atomic E-state index is 0.0648. The van der Waals surface area contributed by atoms with Crippen molar-refractivity contribution in [1.82, 2.24) is 20.6 Å². The Balaban J connectivity index is 1.44. The molecule has 0 unspecified atom stereocenters. The molecule has 0 bridgehead atoms. The van der Waals surface area contributed by atoms with Gasteiger partial charge in [-0.3, -0.25) is 4.79 Å². The fourth-order valence-electron chi connectivity index (χ4n) is 4.22. The summed E-state index contributed by atoms with van der Waals surface area (Å²) in [7, 11) is 1.33. The molecule has 0 radical (unpaired) electrons. The van der Waals surface area contributed by atoms with Gasteiger partial charge in [0.15, 0.2) is 6.04 Å². The van der Waals surface area contributed by atoms with Gasteiger partial charge in [0.2, 0.25) is 5.91 Å². The Morgan fingerprint density at radius 2 is 1.69 bits per heavy atom. The lowest BCUT2D eigenvalue weighted by Gasteiger charge is -2.21. The van der Waals surface area contributed by atoms with Crippen molar-refractivity contribution in [2.75, 3.05) is 20.3 Å². The van der Waals surface area contributed by atoms with Crippen LogP contribution in [0.5, 0.6) is 0 Å². The van der Waals surface area contributed by atoms with E-state index in [1.54, 1.807) is 0 Å². The van der Waals surface area contributed by atoms with E-state index >= 15 is 0 Å². The van der Waals surface area contributed by atoms with Crippen molar-refractivity contribution in [2.45, 2.75) is 24.4 Å². The molecule has 35 heavy (non-hydrogen) atoms. The first-order chi connectivity index (χ1) is 17.0. The number of fused-ring (bicyclic) bond motifs is 3. The second kappa shape index (κ2) is 10.8. The summed E-state index contributed by atoms with van der Waals surface area (Å²) in [6, 6.07) is 13.6. The molecule has 0 fully saturated rings. The molecule has 1 aromatic heterocycles. The fraction of sp³-hybridized carbons (Fsp3) is 0.280. The second-order valence-electron chi connectivity index (χ2n) is 8.16. The molecule has 0 saturated carbocycles. The Morgan fingerprint density at radius 3 is 2.26 bits per heavy atom. The number of H-pyrrole nitrogens is 1. The number of hydrogen-bond donors (Lipinski definition) is 4. The van der Waals surface area contributed by atoms with Crippen molar-refractivity contribution >= 4 is 18.0 Å². The van der Waals surface area contributed by atoms with E-state index < -0.39 is 30.1 Å². The van der Waals surface area contributed by atoms with Crippen LogP contribution in [-0.4, -0.2) is 65.5 Å². The van der Waals surface area contributed by atoms with Crippen LogP contribution < -0.4 is 10.6 Å². The van der Waals surface area contributed by atoms with Gasteiger partial charge in [0.05, 0.1) is 12.9 Å². The number of amides is 2. The summed E-state index contributed by atoms with van der Waals surface area (Å²) < 4.78 is 10.4. The Bertz CT molecular complexity index is 1150. The number of carboxylic acid groups (broad SMARTS) is 1. The number of rotatable bonds is 10. The zero-order valence-corrected chi connectivity index (χ0v) is 19.1. The van der Waals surface area contributed by atoms with Gasteiger partial charge in [-0.05, 0) is 22.3 Å². The summed E-state index contributed by atoms with van der Waals surface area (Å²) in [6.07, 6.45) is 2.24. The highest BCUT2D eigenvalue weighted by atomic mass is 16.5. The standard InChI is InChI=1S/C25H26N4O6/c1-34-13-22(24(31)32)28-23(30)21(10-15-11-26-14-27-15)29-25(33)35-12-20-18-8-4-2-6-16(18)17-7-3-5-9-19(17)20/h2-9,11,14,20-22H,10,12-13H2,1H3,(H,26,27)(H,28,30)(H,29,33)(H,31,32)/t21-,22+/m1/s1. The van der Waals surface area contributed by atoms with Crippen LogP contribution in [0, 0.1) is 0 Å². The molecule has 1 aliphatic carbocycles. The molecule has 0 saturated heterocycles. The van der Waals surface area contributed by atoms with Crippen LogP contribution in [0.3, 0.4) is 0 Å². The van der Waals surface area contributed by atoms with E-state index in [9.17, 15) is 19.5 Å². The van der Waals surface area contributed by atoms with Crippen LogP contribution in [0.2, 0.25) is 0 Å². The van der Waals surface area contributed by atoms with Gasteiger partial charge in [-0.15, -0.1) is 0 Å². The van der Waals surface area contributed by atoms with E-state index in [1.807, 2.05) is 48.5 Å². The number of aromatic amines is 1. The number of hydrogen-bond acceptors (Lipinski definition) is 6. The SMILES string of the molecule is COC[C@H](NC(=O)[C@@H](Cc1cnc[nH]1)NC(=O)OCC1c2ccccc2-c2ccccc21)C(=O)O. The van der Waals surface area contributed by atoms with Crippen molar-refractivity contribution in [3.05, 3.63) is 77.9 Å². The number of carbonyl (C=O) groups is 3. The van der Waals surface area contributed by atoms with Crippen LogP contribution in [0.1, 0.15) is 22.7 Å². The van der Waals surface area contributed by atoms with Crippen molar-refractivity contribution in [2.24, 2.45) is 0 Å². The second-order valence-corrected chi connectivity index (χ2v) is 8.16. The fourth-order valence-corrected chi connectivity index (χ4v) is 4.22. The lowest BCUT2D eigenvalue weighted by molar-refractivity contribution is -0.143. The molecule has 2 amide bonds. The van der Waals surface area contributed by atoms with Gasteiger partial charge in [-0.2, -0.15) is 0 Å². The van der Waals surface area contributed by atoms with E-state index in [1.165, 1.54) is 19.6 Å². The van der Waals surface area contributed by atoms with Crippen molar-refractivity contribution in [1.29, 1.82) is 0 Å². The van der Waals surface area contributed by atoms with Crippen LogP contribution in [0.4, 0.5) is 4.79 Å². The highest BCUT2D eigenvalue weighted by Crippen LogP contribution is 2.44. The minimum atomic E-state index is -1.26. The first kappa shape index (κ1) is 24.0. The van der Waals surface area contributed by atoms with Crippen LogP contribution in [-0.2, 0) is 25.5 Å². The molecular weight excluding hydrogens is 452 g/mol. The van der Waals surface area contributed by atoms with E-state index in [0.29, 0.717) is 5.69 Å². The number of nitrogens with zero attached hydrogens (tertiary/aromatic N) is 1. The average molecular weight is 479 g/mol. The Kier molecular flexibility index (Phi) is 7.41. The zero-order chi connectivity index (χ0) is 24.8. The Hall–Kier alpha value is -4.18. The number of nitrogens with one attached hydrogen (secondary N) is 3. The van der Waals surface area contributed by atoms with Crippen molar-refractivity contribution in [3.8, 4) is 11.1 Å². The average Bonchev–Trinajstić information content (AvgIpc) is 3.48. The highest BCUT2D eigenvalue weighted by Gasteiger charge is 2.31. The summed E-state index contributed by atoms with van der Waals surface area (Å²) in [6.45, 7) is -0.136. The smallest absolute Gasteiger partial charge is 0.407 e. The number of ether oxygens (including phenoxy) is 2. The molecular formula is C25H26N4O6.